The number of halogens is 1. The van der Waals surface area contributed by atoms with Gasteiger partial charge in [-0.25, -0.2) is 0 Å². The van der Waals surface area contributed by atoms with Crippen LogP contribution in [0.15, 0.2) is 22.5 Å². The molecule has 126 valence electrons. The molecule has 0 amide bonds. The molecule has 1 aliphatic carbocycles. The van der Waals surface area contributed by atoms with E-state index in [1.54, 1.807) is 0 Å². The molecule has 0 radical (unpaired) electrons. The topological polar surface area (TPSA) is 36.9 Å². The number of likely N-dealkylation sites (N-methyl/N-ethyl adjacent to an activating group) is 1. The van der Waals surface area contributed by atoms with Crippen LogP contribution >= 0.6 is 35.3 Å². The number of hydrogen-bond donors (Lipinski definition) is 1. The first-order chi connectivity index (χ1) is 10.2. The second-order valence-electron chi connectivity index (χ2n) is 5.78. The predicted octanol–water partition coefficient (Wildman–Crippen LogP) is 3.40. The smallest absolute Gasteiger partial charge is 0.193 e. The van der Waals surface area contributed by atoms with Crippen molar-refractivity contribution >= 4 is 41.3 Å². The molecule has 6 heteroatoms. The van der Waals surface area contributed by atoms with Gasteiger partial charge >= 0.3 is 0 Å². The molecule has 1 atom stereocenters. The van der Waals surface area contributed by atoms with Gasteiger partial charge in [0.2, 0.25) is 0 Å². The van der Waals surface area contributed by atoms with Gasteiger partial charge in [0.25, 0.3) is 0 Å². The Morgan fingerprint density at radius 3 is 2.91 bits per heavy atom. The van der Waals surface area contributed by atoms with Crippen molar-refractivity contribution in [2.45, 2.75) is 25.7 Å². The summed E-state index contributed by atoms with van der Waals surface area (Å²) < 4.78 is 5.68. The average Bonchev–Trinajstić information content (AvgIpc) is 3.14. The molecule has 1 saturated carbocycles. The number of nitrogens with one attached hydrogen (secondary N) is 1. The number of aliphatic imine (C=N–C) groups is 1. The maximum absolute atomic E-state index is 5.68. The molecule has 1 N–H and O–H groups in total. The van der Waals surface area contributed by atoms with Crippen LogP contribution in [0.3, 0.4) is 0 Å². The van der Waals surface area contributed by atoms with Gasteiger partial charge < -0.3 is 15.0 Å². The zero-order valence-electron chi connectivity index (χ0n) is 13.7. The van der Waals surface area contributed by atoms with Gasteiger partial charge in [-0.2, -0.15) is 0 Å². The highest BCUT2D eigenvalue weighted by Crippen LogP contribution is 2.28. The fourth-order valence-corrected chi connectivity index (χ4v) is 2.93. The monoisotopic (exact) mass is 437 g/mol. The summed E-state index contributed by atoms with van der Waals surface area (Å²) in [5.74, 6) is 2.27. The van der Waals surface area contributed by atoms with Gasteiger partial charge in [-0.15, -0.1) is 35.3 Å². The lowest BCUT2D eigenvalue weighted by atomic mass is 10.1. The van der Waals surface area contributed by atoms with Crippen LogP contribution in [0.2, 0.25) is 0 Å². The first-order valence-electron chi connectivity index (χ1n) is 7.73. The summed E-state index contributed by atoms with van der Waals surface area (Å²) >= 11 is 1.81. The molecule has 2 rings (SSSR count). The number of guanidine groups is 1. The second kappa shape index (κ2) is 10.4. The van der Waals surface area contributed by atoms with E-state index in [1.807, 2.05) is 18.4 Å². The third-order valence-electron chi connectivity index (χ3n) is 3.79. The summed E-state index contributed by atoms with van der Waals surface area (Å²) in [5, 5.41) is 5.58. The Kier molecular flexibility index (Phi) is 9.35. The van der Waals surface area contributed by atoms with E-state index >= 15 is 0 Å². The van der Waals surface area contributed by atoms with E-state index in [2.05, 4.69) is 46.7 Å². The van der Waals surface area contributed by atoms with Crippen LogP contribution in [0.4, 0.5) is 0 Å². The van der Waals surface area contributed by atoms with Gasteiger partial charge in [0.15, 0.2) is 5.96 Å². The highest BCUT2D eigenvalue weighted by atomic mass is 127. The molecule has 1 unspecified atom stereocenters. The highest BCUT2D eigenvalue weighted by Gasteiger charge is 2.21. The summed E-state index contributed by atoms with van der Waals surface area (Å²) in [6.07, 6.45) is 2.69. The van der Waals surface area contributed by atoms with Crippen LogP contribution in [-0.2, 0) is 4.74 Å². The van der Waals surface area contributed by atoms with Crippen molar-refractivity contribution in [2.75, 3.05) is 40.4 Å². The van der Waals surface area contributed by atoms with Crippen molar-refractivity contribution in [3.63, 3.8) is 0 Å². The van der Waals surface area contributed by atoms with Crippen LogP contribution < -0.4 is 5.32 Å². The van der Waals surface area contributed by atoms with Gasteiger partial charge in [0.1, 0.15) is 0 Å². The molecular formula is C16H28IN3OS. The zero-order chi connectivity index (χ0) is 15.1. The van der Waals surface area contributed by atoms with E-state index in [9.17, 15) is 0 Å². The number of nitrogens with zero attached hydrogens (tertiary/aromatic N) is 2. The maximum Gasteiger partial charge on any atom is 0.193 e. The lowest BCUT2D eigenvalue weighted by molar-refractivity contribution is 0.115. The van der Waals surface area contributed by atoms with Crippen LogP contribution in [-0.4, -0.2) is 51.3 Å². The van der Waals surface area contributed by atoms with Crippen molar-refractivity contribution in [1.29, 1.82) is 0 Å². The molecule has 22 heavy (non-hydrogen) atoms. The highest BCUT2D eigenvalue weighted by molar-refractivity contribution is 14.0. The van der Waals surface area contributed by atoms with Crippen molar-refractivity contribution in [3.8, 4) is 0 Å². The molecule has 1 aromatic rings. The van der Waals surface area contributed by atoms with Crippen molar-refractivity contribution < 1.29 is 4.74 Å². The molecule has 0 spiro atoms. The Hall–Kier alpha value is -0.340. The number of ether oxygens (including phenoxy) is 1. The maximum atomic E-state index is 5.68. The Bertz CT molecular complexity index is 435. The van der Waals surface area contributed by atoms with Gasteiger partial charge in [0, 0.05) is 44.6 Å². The summed E-state index contributed by atoms with van der Waals surface area (Å²) in [6, 6.07) is 4.30. The SMILES string of the molecule is CN=C(NCC(C)c1cccs1)N(C)CCOCC1CC1.I. The standard InChI is InChI=1S/C16H27N3OS.HI/c1-13(15-5-4-10-21-15)11-18-16(17-2)19(3)8-9-20-12-14-6-7-14;/h4-5,10,13-14H,6-9,11-12H2,1-3H3,(H,17,18);1H. The first kappa shape index (κ1) is 19.7. The third-order valence-corrected chi connectivity index (χ3v) is 4.89. The van der Waals surface area contributed by atoms with Gasteiger partial charge in [-0.05, 0) is 30.2 Å². The van der Waals surface area contributed by atoms with E-state index in [1.165, 1.54) is 17.7 Å². The Balaban J connectivity index is 0.00000242. The number of thiophene rings is 1. The molecule has 0 aliphatic heterocycles. The number of rotatable bonds is 8. The van der Waals surface area contributed by atoms with Gasteiger partial charge in [-0.3, -0.25) is 4.99 Å². The lowest BCUT2D eigenvalue weighted by Gasteiger charge is -2.23. The van der Waals surface area contributed by atoms with Gasteiger partial charge in [-0.1, -0.05) is 13.0 Å². The largest absolute Gasteiger partial charge is 0.379 e. The molecule has 4 nitrogen and oxygen atoms in total. The van der Waals surface area contributed by atoms with Crippen molar-refractivity contribution in [1.82, 2.24) is 10.2 Å². The van der Waals surface area contributed by atoms with Crippen molar-refractivity contribution in [3.05, 3.63) is 22.4 Å². The normalized spacial score (nSPS) is 16.0. The molecule has 1 aromatic heterocycles. The fraction of sp³-hybridized carbons (Fsp3) is 0.688. The molecule has 0 bridgehead atoms. The van der Waals surface area contributed by atoms with E-state index in [4.69, 9.17) is 4.74 Å². The summed E-state index contributed by atoms with van der Waals surface area (Å²) in [6.45, 7) is 5.72. The molecule has 0 aromatic carbocycles. The Morgan fingerprint density at radius 2 is 2.32 bits per heavy atom. The van der Waals surface area contributed by atoms with Crippen LogP contribution in [0.1, 0.15) is 30.6 Å². The van der Waals surface area contributed by atoms with E-state index in [0.29, 0.717) is 5.92 Å². The lowest BCUT2D eigenvalue weighted by Crippen LogP contribution is -2.41. The molecular weight excluding hydrogens is 409 g/mol. The van der Waals surface area contributed by atoms with E-state index < -0.39 is 0 Å². The quantitative estimate of drug-likeness (QED) is 0.293. The van der Waals surface area contributed by atoms with Crippen LogP contribution in [0.5, 0.6) is 0 Å². The van der Waals surface area contributed by atoms with Gasteiger partial charge in [0.05, 0.1) is 6.61 Å². The minimum Gasteiger partial charge on any atom is -0.379 e. The van der Waals surface area contributed by atoms with Crippen LogP contribution in [0.25, 0.3) is 0 Å². The summed E-state index contributed by atoms with van der Waals surface area (Å²) in [7, 11) is 3.89. The first-order valence-corrected chi connectivity index (χ1v) is 8.61. The molecule has 1 aliphatic rings. The average molecular weight is 437 g/mol. The number of hydrogen-bond acceptors (Lipinski definition) is 3. The summed E-state index contributed by atoms with van der Waals surface area (Å²) in [5.41, 5.74) is 0. The zero-order valence-corrected chi connectivity index (χ0v) is 16.9. The van der Waals surface area contributed by atoms with E-state index in [-0.39, 0.29) is 24.0 Å². The summed E-state index contributed by atoms with van der Waals surface area (Å²) in [4.78, 5) is 7.89. The Morgan fingerprint density at radius 1 is 1.55 bits per heavy atom. The Labute approximate surface area is 155 Å². The van der Waals surface area contributed by atoms with Crippen LogP contribution in [0, 0.1) is 5.92 Å². The second-order valence-corrected chi connectivity index (χ2v) is 6.76. The third kappa shape index (κ3) is 6.83. The molecule has 0 saturated heterocycles. The predicted molar refractivity (Wildman–Crippen MR) is 106 cm³/mol. The molecule has 1 fully saturated rings. The van der Waals surface area contributed by atoms with Crippen molar-refractivity contribution in [2.24, 2.45) is 10.9 Å². The minimum atomic E-state index is 0. The fourth-order valence-electron chi connectivity index (χ4n) is 2.14. The van der Waals surface area contributed by atoms with E-state index in [0.717, 1.165) is 38.2 Å². The molecule has 1 heterocycles. The minimum absolute atomic E-state index is 0.